The summed E-state index contributed by atoms with van der Waals surface area (Å²) in [4.78, 5) is 23.1. The van der Waals surface area contributed by atoms with E-state index in [9.17, 15) is 0 Å². The summed E-state index contributed by atoms with van der Waals surface area (Å²) >= 11 is 0. The number of rotatable bonds is 5. The van der Waals surface area contributed by atoms with E-state index < -0.39 is 11.5 Å². The molecule has 1 atom stereocenters. The number of aryl methyl sites for hydroxylation is 2. The molecule has 3 N–H and O–H groups in total. The normalized spacial score (nSPS) is 16.5. The van der Waals surface area contributed by atoms with Crippen LogP contribution in [0.2, 0.25) is 0 Å². The van der Waals surface area contributed by atoms with E-state index in [1.807, 2.05) is 32.0 Å². The summed E-state index contributed by atoms with van der Waals surface area (Å²) in [7, 11) is 0. The van der Waals surface area contributed by atoms with E-state index in [4.69, 9.17) is 25.4 Å². The lowest BCUT2D eigenvalue weighted by Gasteiger charge is -2.29. The van der Waals surface area contributed by atoms with Crippen LogP contribution in [0.4, 0.5) is 0 Å². The minimum Gasteiger partial charge on any atom is -0.493 e. The zero-order chi connectivity index (χ0) is 24.2. The first-order chi connectivity index (χ1) is 15.6. The molecule has 1 aliphatic rings. The highest BCUT2D eigenvalue weighted by Gasteiger charge is 2.44. The molecule has 0 radical (unpaired) electrons. The van der Waals surface area contributed by atoms with Crippen molar-refractivity contribution in [3.05, 3.63) is 88.5 Å². The number of ether oxygens (including phenoxy) is 1. The topological polar surface area (TPSA) is 111 Å². The highest BCUT2D eigenvalue weighted by atomic mass is 16.5. The van der Waals surface area contributed by atoms with Crippen LogP contribution in [0.3, 0.4) is 0 Å². The molecule has 3 heterocycles. The summed E-state index contributed by atoms with van der Waals surface area (Å²) in [6.45, 7) is 10.0. The zero-order valence-corrected chi connectivity index (χ0v) is 19.7. The fourth-order valence-electron chi connectivity index (χ4n) is 3.92. The number of aliphatic carboxylic acids is 1. The van der Waals surface area contributed by atoms with Crippen molar-refractivity contribution in [2.75, 3.05) is 6.61 Å². The number of hydrogen-bond acceptors (Lipinski definition) is 6. The Morgan fingerprint density at radius 1 is 1.09 bits per heavy atom. The van der Waals surface area contributed by atoms with Crippen molar-refractivity contribution in [1.82, 2.24) is 9.97 Å². The van der Waals surface area contributed by atoms with Gasteiger partial charge in [-0.1, -0.05) is 32.0 Å². The van der Waals surface area contributed by atoms with Gasteiger partial charge in [-0.3, -0.25) is 14.8 Å². The van der Waals surface area contributed by atoms with E-state index in [-0.39, 0.29) is 0 Å². The molecular weight excluding hydrogens is 416 g/mol. The second-order valence-electron chi connectivity index (χ2n) is 8.50. The zero-order valence-electron chi connectivity index (χ0n) is 19.7. The van der Waals surface area contributed by atoms with Gasteiger partial charge in [0, 0.05) is 30.1 Å². The molecule has 0 spiro atoms. The summed E-state index contributed by atoms with van der Waals surface area (Å²) in [6.07, 6.45) is 1.75. The summed E-state index contributed by atoms with van der Waals surface area (Å²) in [5, 5.41) is 7.42. The molecule has 2 aromatic heterocycles. The van der Waals surface area contributed by atoms with Crippen LogP contribution < -0.4 is 10.5 Å². The van der Waals surface area contributed by atoms with Gasteiger partial charge in [-0.15, -0.1) is 0 Å². The van der Waals surface area contributed by atoms with E-state index in [2.05, 4.69) is 54.1 Å². The van der Waals surface area contributed by atoms with Gasteiger partial charge >= 0.3 is 0 Å². The van der Waals surface area contributed by atoms with E-state index in [0.29, 0.717) is 18.4 Å². The van der Waals surface area contributed by atoms with Crippen LogP contribution in [0.25, 0.3) is 0 Å². The van der Waals surface area contributed by atoms with Gasteiger partial charge in [0.05, 0.1) is 6.61 Å². The number of carboxylic acid groups (broad SMARTS) is 1. The van der Waals surface area contributed by atoms with Crippen LogP contribution in [-0.4, -0.2) is 33.5 Å². The number of carbonyl (C=O) groups is 1. The standard InChI is InChI=1S/C24H26N4O.C2H4O2/c1-15(2)14-29-20-8-5-7-18(13-20)24(19-11-16(3)27-17(4)12-19)21-9-6-10-26-22(21)23(25)28-24;1-2(3)4/h5-13,15H,14H2,1-4H3,(H2,25,28);1H3,(H,3,4). The maximum Gasteiger partial charge on any atom is 0.300 e. The number of carboxylic acids is 1. The molecule has 0 aliphatic carbocycles. The van der Waals surface area contributed by atoms with Crippen molar-refractivity contribution >= 4 is 11.8 Å². The van der Waals surface area contributed by atoms with E-state index >= 15 is 0 Å². The van der Waals surface area contributed by atoms with Crippen LogP contribution in [0.1, 0.15) is 54.5 Å². The minimum absolute atomic E-state index is 0.446. The van der Waals surface area contributed by atoms with Gasteiger partial charge in [-0.25, -0.2) is 4.99 Å². The fraction of sp³-hybridized carbons (Fsp3) is 0.308. The Bertz CT molecular complexity index is 1170. The molecule has 3 aromatic rings. The van der Waals surface area contributed by atoms with Gasteiger partial charge in [-0.05, 0) is 61.2 Å². The van der Waals surface area contributed by atoms with Crippen molar-refractivity contribution in [3.63, 3.8) is 0 Å². The van der Waals surface area contributed by atoms with Crippen LogP contribution in [0.5, 0.6) is 5.75 Å². The largest absolute Gasteiger partial charge is 0.493 e. The quantitative estimate of drug-likeness (QED) is 0.607. The van der Waals surface area contributed by atoms with Crippen molar-refractivity contribution < 1.29 is 14.6 Å². The molecule has 1 aromatic carbocycles. The van der Waals surface area contributed by atoms with Crippen molar-refractivity contribution in [3.8, 4) is 5.75 Å². The van der Waals surface area contributed by atoms with Gasteiger partial charge in [-0.2, -0.15) is 0 Å². The highest BCUT2D eigenvalue weighted by molar-refractivity contribution is 6.01. The lowest BCUT2D eigenvalue weighted by atomic mass is 9.78. The van der Waals surface area contributed by atoms with Crippen molar-refractivity contribution in [2.45, 2.75) is 40.2 Å². The first-order valence-corrected chi connectivity index (χ1v) is 10.8. The SMILES string of the molecule is CC(=O)O.Cc1cc(C2(c3cccc(OCC(C)C)c3)N=C(N)c3ncccc32)cc(C)n1. The monoisotopic (exact) mass is 446 g/mol. The van der Waals surface area contributed by atoms with Gasteiger partial charge in [0.15, 0.2) is 0 Å². The average Bonchev–Trinajstić information content (AvgIpc) is 3.05. The van der Waals surface area contributed by atoms with Gasteiger partial charge < -0.3 is 15.6 Å². The van der Waals surface area contributed by atoms with E-state index in [1.165, 1.54) is 0 Å². The minimum atomic E-state index is -0.833. The third kappa shape index (κ3) is 5.19. The predicted molar refractivity (Wildman–Crippen MR) is 129 cm³/mol. The second-order valence-corrected chi connectivity index (χ2v) is 8.50. The van der Waals surface area contributed by atoms with Crippen LogP contribution in [0, 0.1) is 19.8 Å². The van der Waals surface area contributed by atoms with Crippen LogP contribution in [0.15, 0.2) is 59.7 Å². The Morgan fingerprint density at radius 3 is 2.39 bits per heavy atom. The van der Waals surface area contributed by atoms with Crippen LogP contribution >= 0.6 is 0 Å². The summed E-state index contributed by atoms with van der Waals surface area (Å²) in [5.41, 5.74) is 11.2. The smallest absolute Gasteiger partial charge is 0.300 e. The average molecular weight is 447 g/mol. The number of benzene rings is 1. The molecule has 1 aliphatic heterocycles. The predicted octanol–water partition coefficient (Wildman–Crippen LogP) is 4.23. The Morgan fingerprint density at radius 2 is 1.76 bits per heavy atom. The van der Waals surface area contributed by atoms with Crippen molar-refractivity contribution in [1.29, 1.82) is 0 Å². The number of nitrogens with two attached hydrogens (primary N) is 1. The van der Waals surface area contributed by atoms with Crippen molar-refractivity contribution in [2.24, 2.45) is 16.6 Å². The first-order valence-electron chi connectivity index (χ1n) is 10.8. The lowest BCUT2D eigenvalue weighted by molar-refractivity contribution is -0.134. The molecule has 0 amide bonds. The van der Waals surface area contributed by atoms with Gasteiger partial charge in [0.25, 0.3) is 5.97 Å². The summed E-state index contributed by atoms with van der Waals surface area (Å²) in [6, 6.07) is 16.3. The number of nitrogens with zero attached hydrogens (tertiary/aromatic N) is 3. The highest BCUT2D eigenvalue weighted by Crippen LogP contribution is 2.46. The van der Waals surface area contributed by atoms with Crippen LogP contribution in [-0.2, 0) is 10.3 Å². The summed E-state index contributed by atoms with van der Waals surface area (Å²) in [5.74, 6) is 0.883. The number of fused-ring (bicyclic) bond motifs is 1. The third-order valence-corrected chi connectivity index (χ3v) is 5.06. The number of pyridine rings is 2. The molecule has 0 saturated heterocycles. The lowest BCUT2D eigenvalue weighted by Crippen LogP contribution is -2.26. The van der Waals surface area contributed by atoms with Gasteiger partial charge in [0.2, 0.25) is 0 Å². The van der Waals surface area contributed by atoms with E-state index in [1.54, 1.807) is 6.20 Å². The maximum atomic E-state index is 9.00. The summed E-state index contributed by atoms with van der Waals surface area (Å²) < 4.78 is 6.00. The number of hydrogen-bond donors (Lipinski definition) is 2. The second kappa shape index (κ2) is 9.81. The molecule has 172 valence electrons. The molecule has 0 fully saturated rings. The molecular formula is C26H30N4O3. The third-order valence-electron chi connectivity index (χ3n) is 5.06. The molecule has 1 unspecified atom stereocenters. The molecule has 4 rings (SSSR count). The number of aromatic nitrogens is 2. The Hall–Kier alpha value is -3.74. The molecule has 33 heavy (non-hydrogen) atoms. The Kier molecular flexibility index (Phi) is 7.11. The van der Waals surface area contributed by atoms with Gasteiger partial charge in [0.1, 0.15) is 22.8 Å². The van der Waals surface area contributed by atoms with E-state index in [0.717, 1.165) is 46.4 Å². The Balaban J connectivity index is 0.000000709. The molecule has 7 heteroatoms. The molecule has 7 nitrogen and oxygen atoms in total. The number of amidine groups is 1. The fourth-order valence-corrected chi connectivity index (χ4v) is 3.92. The molecule has 0 saturated carbocycles. The number of aliphatic imine (C=N–C) groups is 1. The maximum absolute atomic E-state index is 9.00. The molecule has 0 bridgehead atoms. The Labute approximate surface area is 194 Å². The first kappa shape index (κ1) is 23.9.